The Morgan fingerprint density at radius 1 is 1.12 bits per heavy atom. The fourth-order valence-corrected chi connectivity index (χ4v) is 3.32. The van der Waals surface area contributed by atoms with Crippen LogP contribution >= 0.6 is 0 Å². The van der Waals surface area contributed by atoms with Crippen LogP contribution in [0.4, 0.5) is 19.0 Å². The van der Waals surface area contributed by atoms with Gasteiger partial charge in [0.1, 0.15) is 25.1 Å². The number of hydrogen-bond acceptors (Lipinski definition) is 10. The summed E-state index contributed by atoms with van der Waals surface area (Å²) in [6, 6.07) is -1.56. The average molecular weight is 488 g/mol. The van der Waals surface area contributed by atoms with Crippen molar-refractivity contribution in [1.82, 2.24) is 24.8 Å². The molecule has 1 aliphatic heterocycles. The van der Waals surface area contributed by atoms with E-state index in [0.717, 1.165) is 20.2 Å². The third-order valence-corrected chi connectivity index (χ3v) is 4.59. The zero-order chi connectivity index (χ0) is 25.2. The van der Waals surface area contributed by atoms with Crippen LogP contribution in [0.3, 0.4) is 0 Å². The number of imidazole rings is 1. The van der Waals surface area contributed by atoms with E-state index >= 15 is 0 Å². The molecule has 4 atom stereocenters. The molecule has 0 spiro atoms. The molecule has 2 N–H and O–H groups in total. The van der Waals surface area contributed by atoms with Gasteiger partial charge < -0.3 is 24.8 Å². The Bertz CT molecular complexity index is 1120. The minimum atomic E-state index is -5.24. The van der Waals surface area contributed by atoms with Crippen molar-refractivity contribution in [2.75, 3.05) is 11.9 Å². The van der Waals surface area contributed by atoms with Crippen molar-refractivity contribution >= 4 is 40.7 Å². The standard InChI is InChI=1S/C18H19F3N6O7/c1-7(28)25-14-12-15(23-5-22-14)27(6-24-12)16-13(33-9(3)30)11(26-17(31)18(19,20)21)10(34-16)4-32-8(2)29/h5-6,10-11,13,16H,4H2,1-3H3,(H,26,31)(H,22,23,25,28)/t10-,11+,13-,16+/m0/s1. The van der Waals surface area contributed by atoms with Gasteiger partial charge in [-0.05, 0) is 0 Å². The van der Waals surface area contributed by atoms with Crippen molar-refractivity contribution < 1.29 is 46.6 Å². The lowest BCUT2D eigenvalue weighted by molar-refractivity contribution is -0.176. The summed E-state index contributed by atoms with van der Waals surface area (Å²) in [5, 5.41) is 4.20. The lowest BCUT2D eigenvalue weighted by atomic mass is 10.1. The molecule has 34 heavy (non-hydrogen) atoms. The fraction of sp³-hybridized carbons (Fsp3) is 0.500. The zero-order valence-corrected chi connectivity index (χ0v) is 18.0. The van der Waals surface area contributed by atoms with Crippen LogP contribution in [-0.2, 0) is 33.4 Å². The van der Waals surface area contributed by atoms with Crippen LogP contribution in [0.1, 0.15) is 27.0 Å². The van der Waals surface area contributed by atoms with Gasteiger partial charge in [0.25, 0.3) is 0 Å². The molecule has 2 aromatic rings. The van der Waals surface area contributed by atoms with E-state index in [1.165, 1.54) is 17.8 Å². The molecule has 0 bridgehead atoms. The number of nitrogens with one attached hydrogen (secondary N) is 2. The third kappa shape index (κ3) is 5.38. The normalized spacial score (nSPS) is 22.3. The third-order valence-electron chi connectivity index (χ3n) is 4.59. The number of aromatic nitrogens is 4. The van der Waals surface area contributed by atoms with E-state index in [9.17, 15) is 32.3 Å². The number of rotatable bonds is 6. The van der Waals surface area contributed by atoms with Crippen LogP contribution in [-0.4, -0.2) is 74.3 Å². The van der Waals surface area contributed by atoms with E-state index in [1.54, 1.807) is 5.32 Å². The van der Waals surface area contributed by atoms with Crippen molar-refractivity contribution in [2.24, 2.45) is 0 Å². The van der Waals surface area contributed by atoms with Crippen molar-refractivity contribution in [2.45, 2.75) is 51.4 Å². The molecule has 0 unspecified atom stereocenters. The summed E-state index contributed by atoms with van der Waals surface area (Å²) >= 11 is 0. The second-order valence-electron chi connectivity index (χ2n) is 7.17. The van der Waals surface area contributed by atoms with E-state index in [0.29, 0.717) is 0 Å². The molecule has 184 valence electrons. The second-order valence-corrected chi connectivity index (χ2v) is 7.17. The topological polar surface area (TPSA) is 164 Å². The minimum Gasteiger partial charge on any atom is -0.463 e. The summed E-state index contributed by atoms with van der Waals surface area (Å²) in [6.45, 7) is 2.78. The number of halogens is 3. The predicted octanol–water partition coefficient (Wildman–Crippen LogP) is 0.224. The van der Waals surface area contributed by atoms with Crippen molar-refractivity contribution in [3.05, 3.63) is 12.7 Å². The minimum absolute atomic E-state index is 0.0525. The molecule has 0 saturated carbocycles. The molecule has 16 heteroatoms. The SMILES string of the molecule is CC(=O)Nc1ncnc2c1ncn2[C@@H]1O[C@@H](COC(C)=O)[C@@H](NC(=O)C(F)(F)F)[C@@H]1OC(C)=O. The molecule has 2 aromatic heterocycles. The van der Waals surface area contributed by atoms with E-state index in [-0.39, 0.29) is 17.0 Å². The summed E-state index contributed by atoms with van der Waals surface area (Å²) in [5.74, 6) is -4.33. The molecule has 0 aliphatic carbocycles. The lowest BCUT2D eigenvalue weighted by Gasteiger charge is -2.25. The zero-order valence-electron chi connectivity index (χ0n) is 18.0. The van der Waals surface area contributed by atoms with E-state index < -0.39 is 61.0 Å². The number of fused-ring (bicyclic) bond motifs is 1. The Labute approximate surface area is 189 Å². The first-order valence-electron chi connectivity index (χ1n) is 9.67. The Kier molecular flexibility index (Phi) is 6.99. The quantitative estimate of drug-likeness (QED) is 0.538. The van der Waals surface area contributed by atoms with Crippen LogP contribution in [0.15, 0.2) is 12.7 Å². The number of ether oxygens (including phenoxy) is 3. The Balaban J connectivity index is 2.04. The first-order valence-corrected chi connectivity index (χ1v) is 9.67. The maximum Gasteiger partial charge on any atom is 0.471 e. The van der Waals surface area contributed by atoms with Gasteiger partial charge in [0.15, 0.2) is 29.3 Å². The van der Waals surface area contributed by atoms with E-state index in [1.807, 2.05) is 0 Å². The molecule has 1 aliphatic rings. The Hall–Kier alpha value is -3.82. The molecule has 0 aromatic carbocycles. The van der Waals surface area contributed by atoms with Gasteiger partial charge in [-0.1, -0.05) is 0 Å². The van der Waals surface area contributed by atoms with Gasteiger partial charge in [-0.2, -0.15) is 13.2 Å². The van der Waals surface area contributed by atoms with E-state index in [2.05, 4.69) is 20.3 Å². The molecular weight excluding hydrogens is 469 g/mol. The highest BCUT2D eigenvalue weighted by molar-refractivity contribution is 5.95. The van der Waals surface area contributed by atoms with Crippen LogP contribution in [0.25, 0.3) is 11.2 Å². The highest BCUT2D eigenvalue weighted by Crippen LogP contribution is 2.35. The number of carbonyl (C=O) groups excluding carboxylic acids is 4. The molecule has 1 fully saturated rings. The monoisotopic (exact) mass is 488 g/mol. The summed E-state index contributed by atoms with van der Waals surface area (Å²) in [4.78, 5) is 58.2. The second kappa shape index (κ2) is 9.58. The van der Waals surface area contributed by atoms with Gasteiger partial charge in [-0.15, -0.1) is 0 Å². The van der Waals surface area contributed by atoms with Crippen molar-refractivity contribution in [1.29, 1.82) is 0 Å². The van der Waals surface area contributed by atoms with Crippen LogP contribution in [0, 0.1) is 0 Å². The highest BCUT2D eigenvalue weighted by Gasteiger charge is 2.52. The molecule has 0 radical (unpaired) electrons. The average Bonchev–Trinajstić information content (AvgIpc) is 3.27. The summed E-state index contributed by atoms with van der Waals surface area (Å²) in [6.07, 6.45) is -7.14. The molecule has 13 nitrogen and oxygen atoms in total. The van der Waals surface area contributed by atoms with Gasteiger partial charge in [-0.3, -0.25) is 23.7 Å². The Morgan fingerprint density at radius 3 is 2.41 bits per heavy atom. The van der Waals surface area contributed by atoms with Gasteiger partial charge >= 0.3 is 24.0 Å². The maximum atomic E-state index is 12.9. The van der Waals surface area contributed by atoms with Crippen molar-refractivity contribution in [3.63, 3.8) is 0 Å². The molecule has 3 heterocycles. The van der Waals surface area contributed by atoms with Crippen LogP contribution in [0.2, 0.25) is 0 Å². The fourth-order valence-electron chi connectivity index (χ4n) is 3.32. The summed E-state index contributed by atoms with van der Waals surface area (Å²) in [7, 11) is 0. The highest BCUT2D eigenvalue weighted by atomic mass is 19.4. The number of hydrogen-bond donors (Lipinski definition) is 2. The number of amides is 2. The lowest BCUT2D eigenvalue weighted by Crippen LogP contribution is -2.53. The van der Waals surface area contributed by atoms with E-state index in [4.69, 9.17) is 14.2 Å². The molecular formula is C18H19F3N6O7. The number of carbonyl (C=O) groups is 4. The number of anilines is 1. The Morgan fingerprint density at radius 2 is 1.82 bits per heavy atom. The molecule has 1 saturated heterocycles. The van der Waals surface area contributed by atoms with Crippen molar-refractivity contribution in [3.8, 4) is 0 Å². The summed E-state index contributed by atoms with van der Waals surface area (Å²) < 4.78 is 55.9. The largest absolute Gasteiger partial charge is 0.471 e. The smallest absolute Gasteiger partial charge is 0.463 e. The molecule has 2 amide bonds. The number of nitrogens with zero attached hydrogens (tertiary/aromatic N) is 4. The summed E-state index contributed by atoms with van der Waals surface area (Å²) in [5.41, 5.74) is 0.192. The predicted molar refractivity (Wildman–Crippen MR) is 104 cm³/mol. The first-order chi connectivity index (χ1) is 15.9. The van der Waals surface area contributed by atoms with Gasteiger partial charge in [0.05, 0.1) is 6.33 Å². The van der Waals surface area contributed by atoms with Crippen LogP contribution in [0.5, 0.6) is 0 Å². The van der Waals surface area contributed by atoms with Gasteiger partial charge in [-0.25, -0.2) is 15.0 Å². The number of alkyl halides is 3. The van der Waals surface area contributed by atoms with Crippen LogP contribution < -0.4 is 10.6 Å². The number of esters is 2. The molecule has 3 rings (SSSR count). The van der Waals surface area contributed by atoms with Gasteiger partial charge in [0, 0.05) is 20.8 Å². The maximum absolute atomic E-state index is 12.9. The first kappa shape index (κ1) is 24.8. The van der Waals surface area contributed by atoms with Gasteiger partial charge in [0.2, 0.25) is 5.91 Å².